The molecule has 4 nitrogen and oxygen atoms in total. The highest BCUT2D eigenvalue weighted by Gasteiger charge is 2.32. The van der Waals surface area contributed by atoms with Crippen LogP contribution in [0.5, 0.6) is 0 Å². The normalized spacial score (nSPS) is 16.4. The van der Waals surface area contributed by atoms with Crippen molar-refractivity contribution in [2.75, 3.05) is 0 Å². The predicted octanol–water partition coefficient (Wildman–Crippen LogP) is 3.15. The predicted molar refractivity (Wildman–Crippen MR) is 87.7 cm³/mol. The number of nitrogens with two attached hydrogens (primary N) is 1. The maximum atomic E-state index is 5.90. The third-order valence-corrected chi connectivity index (χ3v) is 4.92. The molecule has 5 heteroatoms. The summed E-state index contributed by atoms with van der Waals surface area (Å²) < 4.78 is 3.08. The largest absolute Gasteiger partial charge is 0.271 e. The lowest BCUT2D eigenvalue weighted by Gasteiger charge is -2.25. The molecule has 0 aliphatic heterocycles. The van der Waals surface area contributed by atoms with Crippen LogP contribution in [0.15, 0.2) is 34.9 Å². The molecule has 0 saturated carbocycles. The monoisotopic (exact) mass is 348 g/mol. The standard InChI is InChI=1S/C16H21BrN4/c1-10(2)21-16(14(17)9-19-21)15(20-18)13-7-11-5-3-4-6-12(11)8-13/h3-6,9-10,13,15,20H,7-8,18H2,1-2H3. The van der Waals surface area contributed by atoms with E-state index in [0.29, 0.717) is 12.0 Å². The van der Waals surface area contributed by atoms with Gasteiger partial charge in [0.2, 0.25) is 0 Å². The quantitative estimate of drug-likeness (QED) is 0.659. The Balaban J connectivity index is 1.93. The van der Waals surface area contributed by atoms with E-state index < -0.39 is 0 Å². The number of hydrazine groups is 1. The summed E-state index contributed by atoms with van der Waals surface area (Å²) in [6.45, 7) is 4.28. The van der Waals surface area contributed by atoms with Gasteiger partial charge >= 0.3 is 0 Å². The Hall–Kier alpha value is -1.17. The van der Waals surface area contributed by atoms with Gasteiger partial charge in [0.1, 0.15) is 0 Å². The Morgan fingerprint density at radius 1 is 1.29 bits per heavy atom. The molecule has 0 fully saturated rings. The molecule has 112 valence electrons. The molecule has 1 heterocycles. The first-order valence-electron chi connectivity index (χ1n) is 7.37. The fraction of sp³-hybridized carbons (Fsp3) is 0.438. The number of nitrogens with one attached hydrogen (secondary N) is 1. The third kappa shape index (κ3) is 2.65. The highest BCUT2D eigenvalue weighted by Crippen LogP contribution is 2.37. The molecule has 3 N–H and O–H groups in total. The highest BCUT2D eigenvalue weighted by atomic mass is 79.9. The van der Waals surface area contributed by atoms with Crippen molar-refractivity contribution in [1.82, 2.24) is 15.2 Å². The van der Waals surface area contributed by atoms with Crippen molar-refractivity contribution in [3.8, 4) is 0 Å². The average Bonchev–Trinajstić information content (AvgIpc) is 3.04. The maximum absolute atomic E-state index is 5.90. The Morgan fingerprint density at radius 3 is 2.43 bits per heavy atom. The molecule has 1 aliphatic rings. The molecule has 2 aromatic rings. The van der Waals surface area contributed by atoms with Crippen LogP contribution in [-0.2, 0) is 12.8 Å². The fourth-order valence-corrected chi connectivity index (χ4v) is 3.84. The van der Waals surface area contributed by atoms with Gasteiger partial charge in [0.25, 0.3) is 0 Å². The van der Waals surface area contributed by atoms with E-state index in [9.17, 15) is 0 Å². The van der Waals surface area contributed by atoms with Crippen LogP contribution in [0.3, 0.4) is 0 Å². The number of fused-ring (bicyclic) bond motifs is 1. The zero-order chi connectivity index (χ0) is 15.0. The van der Waals surface area contributed by atoms with E-state index in [1.54, 1.807) is 0 Å². The number of benzene rings is 1. The van der Waals surface area contributed by atoms with Gasteiger partial charge in [-0.25, -0.2) is 0 Å². The zero-order valence-corrected chi connectivity index (χ0v) is 14.0. The number of rotatable bonds is 4. The van der Waals surface area contributed by atoms with Crippen molar-refractivity contribution < 1.29 is 0 Å². The van der Waals surface area contributed by atoms with Gasteiger partial charge in [-0.15, -0.1) is 0 Å². The molecular weight excluding hydrogens is 328 g/mol. The molecule has 3 rings (SSSR count). The second-order valence-electron chi connectivity index (χ2n) is 6.00. The second-order valence-corrected chi connectivity index (χ2v) is 6.85. The van der Waals surface area contributed by atoms with Crippen LogP contribution < -0.4 is 11.3 Å². The van der Waals surface area contributed by atoms with E-state index in [1.807, 2.05) is 6.20 Å². The van der Waals surface area contributed by atoms with E-state index in [2.05, 4.69) is 69.2 Å². The van der Waals surface area contributed by atoms with Gasteiger partial charge in [-0.3, -0.25) is 16.0 Å². The van der Waals surface area contributed by atoms with Crippen molar-refractivity contribution in [2.45, 2.75) is 38.8 Å². The summed E-state index contributed by atoms with van der Waals surface area (Å²) in [6.07, 6.45) is 3.98. The summed E-state index contributed by atoms with van der Waals surface area (Å²) in [5.74, 6) is 6.36. The van der Waals surface area contributed by atoms with Crippen LogP contribution in [0.4, 0.5) is 0 Å². The zero-order valence-electron chi connectivity index (χ0n) is 12.4. The van der Waals surface area contributed by atoms with Crippen LogP contribution >= 0.6 is 15.9 Å². The van der Waals surface area contributed by atoms with E-state index in [0.717, 1.165) is 23.0 Å². The molecule has 1 unspecified atom stereocenters. The lowest BCUT2D eigenvalue weighted by molar-refractivity contribution is 0.345. The van der Waals surface area contributed by atoms with Crippen molar-refractivity contribution in [3.05, 3.63) is 51.8 Å². The van der Waals surface area contributed by atoms with Crippen molar-refractivity contribution >= 4 is 15.9 Å². The van der Waals surface area contributed by atoms with Gasteiger partial charge in [-0.1, -0.05) is 24.3 Å². The Kier molecular flexibility index (Phi) is 4.15. The second kappa shape index (κ2) is 5.91. The molecule has 0 bridgehead atoms. The summed E-state index contributed by atoms with van der Waals surface area (Å²) in [7, 11) is 0. The lowest BCUT2D eigenvalue weighted by atomic mass is 9.94. The lowest BCUT2D eigenvalue weighted by Crippen LogP contribution is -2.36. The minimum absolute atomic E-state index is 0.0941. The van der Waals surface area contributed by atoms with Crippen LogP contribution in [0, 0.1) is 5.92 Å². The molecular formula is C16H21BrN4. The highest BCUT2D eigenvalue weighted by molar-refractivity contribution is 9.10. The minimum Gasteiger partial charge on any atom is -0.271 e. The summed E-state index contributed by atoms with van der Waals surface area (Å²) in [5, 5.41) is 4.48. The van der Waals surface area contributed by atoms with Gasteiger partial charge in [0, 0.05) is 6.04 Å². The molecule has 0 saturated heterocycles. The molecule has 21 heavy (non-hydrogen) atoms. The molecule has 1 aromatic heterocycles. The average molecular weight is 349 g/mol. The number of halogens is 1. The first-order valence-corrected chi connectivity index (χ1v) is 8.17. The topological polar surface area (TPSA) is 55.9 Å². The van der Waals surface area contributed by atoms with Crippen LogP contribution in [-0.4, -0.2) is 9.78 Å². The number of hydrogen-bond acceptors (Lipinski definition) is 3. The van der Waals surface area contributed by atoms with E-state index in [1.165, 1.54) is 11.1 Å². The van der Waals surface area contributed by atoms with E-state index >= 15 is 0 Å². The van der Waals surface area contributed by atoms with Gasteiger partial charge in [0.05, 0.1) is 22.4 Å². The molecule has 0 spiro atoms. The van der Waals surface area contributed by atoms with Crippen LogP contribution in [0.2, 0.25) is 0 Å². The minimum atomic E-state index is 0.0941. The molecule has 1 aliphatic carbocycles. The smallest absolute Gasteiger partial charge is 0.0715 e. The van der Waals surface area contributed by atoms with Gasteiger partial charge < -0.3 is 0 Å². The first kappa shape index (κ1) is 14.8. The van der Waals surface area contributed by atoms with E-state index in [4.69, 9.17) is 5.84 Å². The SMILES string of the molecule is CC(C)n1ncc(Br)c1C(NN)C1Cc2ccccc2C1. The Labute approximate surface area is 133 Å². The van der Waals surface area contributed by atoms with E-state index in [-0.39, 0.29) is 6.04 Å². The Morgan fingerprint density at radius 2 is 1.90 bits per heavy atom. The summed E-state index contributed by atoms with van der Waals surface area (Å²) in [6, 6.07) is 9.07. The van der Waals surface area contributed by atoms with Crippen LogP contribution in [0.1, 0.15) is 42.8 Å². The number of nitrogens with zero attached hydrogens (tertiary/aromatic N) is 2. The summed E-state index contributed by atoms with van der Waals surface area (Å²) in [5.41, 5.74) is 7.05. The molecule has 0 amide bonds. The molecule has 1 atom stereocenters. The summed E-state index contributed by atoms with van der Waals surface area (Å²) in [4.78, 5) is 0. The maximum Gasteiger partial charge on any atom is 0.0715 e. The summed E-state index contributed by atoms with van der Waals surface area (Å²) >= 11 is 3.63. The number of hydrogen-bond donors (Lipinski definition) is 2. The van der Waals surface area contributed by atoms with Crippen molar-refractivity contribution in [3.63, 3.8) is 0 Å². The first-order chi connectivity index (χ1) is 10.1. The fourth-order valence-electron chi connectivity index (χ4n) is 3.32. The molecule has 0 radical (unpaired) electrons. The van der Waals surface area contributed by atoms with Gasteiger partial charge in [0.15, 0.2) is 0 Å². The Bertz CT molecular complexity index is 610. The van der Waals surface area contributed by atoms with Crippen molar-refractivity contribution in [2.24, 2.45) is 11.8 Å². The van der Waals surface area contributed by atoms with Gasteiger partial charge in [-0.2, -0.15) is 5.10 Å². The number of aromatic nitrogens is 2. The third-order valence-electron chi connectivity index (χ3n) is 4.30. The van der Waals surface area contributed by atoms with Crippen LogP contribution in [0.25, 0.3) is 0 Å². The van der Waals surface area contributed by atoms with Crippen molar-refractivity contribution in [1.29, 1.82) is 0 Å². The molecule has 1 aromatic carbocycles. The van der Waals surface area contributed by atoms with Gasteiger partial charge in [-0.05, 0) is 59.7 Å².